The molecule has 0 aliphatic carbocycles. The minimum Gasteiger partial charge on any atom is -0.315 e. The second-order valence-corrected chi connectivity index (χ2v) is 5.63. The highest BCUT2D eigenvalue weighted by Crippen LogP contribution is 2.20. The molecule has 0 aromatic heterocycles. The van der Waals surface area contributed by atoms with Crippen molar-refractivity contribution < 1.29 is 8.42 Å². The molecule has 0 saturated carbocycles. The molecule has 0 bridgehead atoms. The SMILES string of the molecule is Cl.O=S(=O)(C1CCNC1)N1CCC1. The minimum atomic E-state index is -2.93. The molecule has 0 amide bonds. The van der Waals surface area contributed by atoms with E-state index in [-0.39, 0.29) is 17.7 Å². The maximum atomic E-state index is 11.7. The Hall–Kier alpha value is 0.160. The van der Waals surface area contributed by atoms with Crippen molar-refractivity contribution in [2.75, 3.05) is 26.2 Å². The zero-order chi connectivity index (χ0) is 8.60. The highest BCUT2D eigenvalue weighted by molar-refractivity contribution is 7.89. The Balaban J connectivity index is 0.000000845. The largest absolute Gasteiger partial charge is 0.315 e. The van der Waals surface area contributed by atoms with Crippen LogP contribution < -0.4 is 5.32 Å². The van der Waals surface area contributed by atoms with Crippen molar-refractivity contribution in [1.29, 1.82) is 0 Å². The van der Waals surface area contributed by atoms with Gasteiger partial charge in [-0.2, -0.15) is 0 Å². The third-order valence-electron chi connectivity index (χ3n) is 2.61. The summed E-state index contributed by atoms with van der Waals surface area (Å²) >= 11 is 0. The molecule has 0 radical (unpaired) electrons. The molecule has 2 saturated heterocycles. The third kappa shape index (κ3) is 1.98. The van der Waals surface area contributed by atoms with Crippen molar-refractivity contribution in [3.05, 3.63) is 0 Å². The van der Waals surface area contributed by atoms with Gasteiger partial charge in [0, 0.05) is 19.6 Å². The summed E-state index contributed by atoms with van der Waals surface area (Å²) in [5.41, 5.74) is 0. The number of hydrogen-bond acceptors (Lipinski definition) is 3. The molecule has 4 nitrogen and oxygen atoms in total. The van der Waals surface area contributed by atoms with Gasteiger partial charge in [-0.25, -0.2) is 12.7 Å². The van der Waals surface area contributed by atoms with Crippen molar-refractivity contribution in [2.24, 2.45) is 0 Å². The minimum absolute atomic E-state index is 0. The molecule has 2 aliphatic heterocycles. The second kappa shape index (κ2) is 4.13. The average molecular weight is 227 g/mol. The average Bonchev–Trinajstić information content (AvgIpc) is 2.30. The summed E-state index contributed by atoms with van der Waals surface area (Å²) in [7, 11) is -2.93. The van der Waals surface area contributed by atoms with Crippen molar-refractivity contribution in [1.82, 2.24) is 9.62 Å². The topological polar surface area (TPSA) is 49.4 Å². The van der Waals surface area contributed by atoms with Gasteiger partial charge in [0.25, 0.3) is 0 Å². The highest BCUT2D eigenvalue weighted by atomic mass is 35.5. The molecule has 1 atom stereocenters. The molecule has 0 aromatic rings. The van der Waals surface area contributed by atoms with E-state index in [1.54, 1.807) is 4.31 Å². The highest BCUT2D eigenvalue weighted by Gasteiger charge is 2.36. The van der Waals surface area contributed by atoms with Crippen LogP contribution in [0.2, 0.25) is 0 Å². The summed E-state index contributed by atoms with van der Waals surface area (Å²) < 4.78 is 25.0. The fourth-order valence-electron chi connectivity index (χ4n) is 1.63. The van der Waals surface area contributed by atoms with Gasteiger partial charge in [-0.3, -0.25) is 0 Å². The van der Waals surface area contributed by atoms with Gasteiger partial charge in [-0.1, -0.05) is 0 Å². The smallest absolute Gasteiger partial charge is 0.218 e. The van der Waals surface area contributed by atoms with Crippen LogP contribution in [0.25, 0.3) is 0 Å². The Bertz CT molecular complexity index is 258. The normalized spacial score (nSPS) is 29.4. The van der Waals surface area contributed by atoms with Crippen LogP contribution in [0.5, 0.6) is 0 Å². The first-order chi connectivity index (χ1) is 5.71. The zero-order valence-electron chi connectivity index (χ0n) is 7.40. The van der Waals surface area contributed by atoms with E-state index in [4.69, 9.17) is 0 Å². The van der Waals surface area contributed by atoms with Crippen LogP contribution in [0, 0.1) is 0 Å². The zero-order valence-corrected chi connectivity index (χ0v) is 9.03. The first-order valence-corrected chi connectivity index (χ1v) is 5.91. The molecule has 0 spiro atoms. The molecule has 0 aromatic carbocycles. The van der Waals surface area contributed by atoms with Gasteiger partial charge >= 0.3 is 0 Å². The lowest BCUT2D eigenvalue weighted by Crippen LogP contribution is -2.47. The number of rotatable bonds is 2. The first kappa shape index (κ1) is 11.2. The number of sulfonamides is 1. The standard InChI is InChI=1S/C7H14N2O2S.ClH/c10-12(11,9-4-1-5-9)7-2-3-8-6-7;/h7-8H,1-6H2;1H. The van der Waals surface area contributed by atoms with Gasteiger partial charge in [-0.05, 0) is 19.4 Å². The molecule has 2 aliphatic rings. The maximum Gasteiger partial charge on any atom is 0.218 e. The van der Waals surface area contributed by atoms with E-state index in [1.807, 2.05) is 0 Å². The van der Waals surface area contributed by atoms with Crippen LogP contribution in [0.4, 0.5) is 0 Å². The summed E-state index contributed by atoms with van der Waals surface area (Å²) in [6, 6.07) is 0. The van der Waals surface area contributed by atoms with Gasteiger partial charge in [0.1, 0.15) is 0 Å². The van der Waals surface area contributed by atoms with E-state index >= 15 is 0 Å². The van der Waals surface area contributed by atoms with Crippen molar-refractivity contribution in [3.63, 3.8) is 0 Å². The lowest BCUT2D eigenvalue weighted by molar-refractivity contribution is 0.305. The van der Waals surface area contributed by atoms with Crippen LogP contribution in [-0.4, -0.2) is 44.2 Å². The Kier molecular flexibility index (Phi) is 3.57. The Morgan fingerprint density at radius 2 is 2.00 bits per heavy atom. The Morgan fingerprint density at radius 3 is 2.38 bits per heavy atom. The molecule has 1 unspecified atom stereocenters. The first-order valence-electron chi connectivity index (χ1n) is 4.41. The fourth-order valence-corrected chi connectivity index (χ4v) is 3.57. The van der Waals surface area contributed by atoms with E-state index in [9.17, 15) is 8.42 Å². The van der Waals surface area contributed by atoms with E-state index in [0.29, 0.717) is 6.54 Å². The van der Waals surface area contributed by atoms with E-state index < -0.39 is 10.0 Å². The summed E-state index contributed by atoms with van der Waals surface area (Å²) in [4.78, 5) is 0. The van der Waals surface area contributed by atoms with Crippen LogP contribution in [0.3, 0.4) is 0 Å². The number of halogens is 1. The van der Waals surface area contributed by atoms with Crippen molar-refractivity contribution >= 4 is 22.4 Å². The molecule has 6 heteroatoms. The molecular weight excluding hydrogens is 212 g/mol. The summed E-state index contributed by atoms with van der Waals surface area (Å²) in [6.45, 7) is 2.95. The summed E-state index contributed by atoms with van der Waals surface area (Å²) in [6.07, 6.45) is 1.80. The van der Waals surface area contributed by atoms with Gasteiger partial charge in [0.15, 0.2) is 0 Å². The molecule has 13 heavy (non-hydrogen) atoms. The number of nitrogens with one attached hydrogen (secondary N) is 1. The predicted octanol–water partition coefficient (Wildman–Crippen LogP) is -0.194. The molecule has 1 N–H and O–H groups in total. The molecule has 78 valence electrons. The quantitative estimate of drug-likeness (QED) is 0.710. The molecule has 2 heterocycles. The second-order valence-electron chi connectivity index (χ2n) is 3.41. The summed E-state index contributed by atoms with van der Waals surface area (Å²) in [5.74, 6) is 0. The third-order valence-corrected chi connectivity index (χ3v) is 4.94. The van der Waals surface area contributed by atoms with Gasteiger partial charge < -0.3 is 5.32 Å². The van der Waals surface area contributed by atoms with Crippen LogP contribution in [0.1, 0.15) is 12.8 Å². The summed E-state index contributed by atoms with van der Waals surface area (Å²) in [5, 5.41) is 2.92. The predicted molar refractivity (Wildman–Crippen MR) is 53.6 cm³/mol. The number of hydrogen-bond donors (Lipinski definition) is 1. The lowest BCUT2D eigenvalue weighted by atomic mass is 10.3. The van der Waals surface area contributed by atoms with E-state index in [0.717, 1.165) is 32.5 Å². The maximum absolute atomic E-state index is 11.7. The molecule has 2 fully saturated rings. The Morgan fingerprint density at radius 1 is 1.31 bits per heavy atom. The van der Waals surface area contributed by atoms with Gasteiger partial charge in [0.2, 0.25) is 10.0 Å². The van der Waals surface area contributed by atoms with E-state index in [1.165, 1.54) is 0 Å². The van der Waals surface area contributed by atoms with Gasteiger partial charge in [0.05, 0.1) is 5.25 Å². The number of nitrogens with zero attached hydrogens (tertiary/aromatic N) is 1. The lowest BCUT2D eigenvalue weighted by Gasteiger charge is -2.31. The van der Waals surface area contributed by atoms with Crippen LogP contribution in [-0.2, 0) is 10.0 Å². The van der Waals surface area contributed by atoms with Crippen molar-refractivity contribution in [2.45, 2.75) is 18.1 Å². The molecule has 2 rings (SSSR count). The molecular formula is C7H15ClN2O2S. The van der Waals surface area contributed by atoms with E-state index in [2.05, 4.69) is 5.32 Å². The monoisotopic (exact) mass is 226 g/mol. The van der Waals surface area contributed by atoms with Gasteiger partial charge in [-0.15, -0.1) is 12.4 Å². The van der Waals surface area contributed by atoms with Crippen LogP contribution >= 0.6 is 12.4 Å². The Labute approximate surface area is 85.1 Å². The van der Waals surface area contributed by atoms with Crippen LogP contribution in [0.15, 0.2) is 0 Å². The fraction of sp³-hybridized carbons (Fsp3) is 1.00. The van der Waals surface area contributed by atoms with Crippen molar-refractivity contribution in [3.8, 4) is 0 Å².